The summed E-state index contributed by atoms with van der Waals surface area (Å²) in [6, 6.07) is 8.41. The van der Waals surface area contributed by atoms with Crippen molar-refractivity contribution in [2.45, 2.75) is 44.6 Å². The Morgan fingerprint density at radius 3 is 2.70 bits per heavy atom. The van der Waals surface area contributed by atoms with Crippen LogP contribution in [0.4, 0.5) is 0 Å². The first-order chi connectivity index (χ1) is 11.0. The smallest absolute Gasteiger partial charge is 0.220 e. The van der Waals surface area contributed by atoms with Crippen LogP contribution in [-0.4, -0.2) is 35.9 Å². The zero-order chi connectivity index (χ0) is 16.7. The molecule has 2 N–H and O–H groups in total. The molecule has 0 spiro atoms. The van der Waals surface area contributed by atoms with Gasteiger partial charge in [-0.2, -0.15) is 11.8 Å². The van der Waals surface area contributed by atoms with Crippen molar-refractivity contribution in [3.05, 3.63) is 35.4 Å². The van der Waals surface area contributed by atoms with Gasteiger partial charge in [0.15, 0.2) is 0 Å². The van der Waals surface area contributed by atoms with E-state index in [1.54, 1.807) is 11.8 Å². The van der Waals surface area contributed by atoms with Crippen molar-refractivity contribution in [2.24, 2.45) is 0 Å². The van der Waals surface area contributed by atoms with Gasteiger partial charge in [0.2, 0.25) is 11.8 Å². The normalized spacial score (nSPS) is 20.3. The summed E-state index contributed by atoms with van der Waals surface area (Å²) < 4.78 is 0. The van der Waals surface area contributed by atoms with E-state index < -0.39 is 0 Å². The number of aryl methyl sites for hydroxylation is 1. The fourth-order valence-corrected chi connectivity index (χ4v) is 3.32. The second-order valence-electron chi connectivity index (χ2n) is 6.33. The van der Waals surface area contributed by atoms with Gasteiger partial charge in [0.05, 0.1) is 0 Å². The minimum atomic E-state index is -0.275. The lowest BCUT2D eigenvalue weighted by molar-refractivity contribution is -0.122. The molecule has 1 saturated heterocycles. The van der Waals surface area contributed by atoms with E-state index in [0.29, 0.717) is 25.8 Å². The van der Waals surface area contributed by atoms with Crippen LogP contribution in [0.25, 0.3) is 0 Å². The van der Waals surface area contributed by atoms with E-state index in [-0.39, 0.29) is 17.4 Å². The van der Waals surface area contributed by atoms with Gasteiger partial charge in [-0.3, -0.25) is 9.59 Å². The van der Waals surface area contributed by atoms with Crippen LogP contribution in [0.2, 0.25) is 0 Å². The summed E-state index contributed by atoms with van der Waals surface area (Å²) >= 11 is 1.72. The van der Waals surface area contributed by atoms with Crippen molar-refractivity contribution < 1.29 is 9.59 Å². The maximum absolute atomic E-state index is 12.0. The summed E-state index contributed by atoms with van der Waals surface area (Å²) in [5, 5.41) is 6.06. The van der Waals surface area contributed by atoms with E-state index in [1.165, 1.54) is 11.1 Å². The average molecular weight is 334 g/mol. The lowest BCUT2D eigenvalue weighted by Crippen LogP contribution is -2.44. The first kappa shape index (κ1) is 17.9. The van der Waals surface area contributed by atoms with E-state index in [0.717, 1.165) is 18.6 Å². The molecular formula is C18H26N2O2S. The number of thioether (sulfide) groups is 1. The molecule has 1 aliphatic heterocycles. The van der Waals surface area contributed by atoms with Gasteiger partial charge >= 0.3 is 0 Å². The molecule has 5 heteroatoms. The first-order valence-corrected chi connectivity index (χ1v) is 9.55. The van der Waals surface area contributed by atoms with E-state index in [2.05, 4.69) is 41.8 Å². The second kappa shape index (κ2) is 8.39. The molecule has 23 heavy (non-hydrogen) atoms. The third kappa shape index (κ3) is 5.57. The third-order valence-corrected chi connectivity index (χ3v) is 4.97. The van der Waals surface area contributed by atoms with Crippen molar-refractivity contribution in [1.29, 1.82) is 0 Å². The van der Waals surface area contributed by atoms with Crippen LogP contribution in [0.15, 0.2) is 24.3 Å². The van der Waals surface area contributed by atoms with Crippen molar-refractivity contribution in [1.82, 2.24) is 10.6 Å². The lowest BCUT2D eigenvalue weighted by atomic mass is 9.85. The molecule has 0 saturated carbocycles. The molecule has 2 rings (SSSR count). The maximum atomic E-state index is 12.0. The fourth-order valence-electron chi connectivity index (χ4n) is 3.01. The molecule has 1 fully saturated rings. The summed E-state index contributed by atoms with van der Waals surface area (Å²) in [5.74, 6) is 1.10. The Balaban J connectivity index is 1.95. The molecule has 0 bridgehead atoms. The Kier molecular flexibility index (Phi) is 6.51. The van der Waals surface area contributed by atoms with E-state index in [4.69, 9.17) is 0 Å². The van der Waals surface area contributed by atoms with E-state index in [1.807, 2.05) is 6.26 Å². The Bertz CT molecular complexity index is 544. The topological polar surface area (TPSA) is 58.2 Å². The summed E-state index contributed by atoms with van der Waals surface area (Å²) in [6.45, 7) is 2.77. The highest BCUT2D eigenvalue weighted by molar-refractivity contribution is 7.98. The number of hydrogen-bond acceptors (Lipinski definition) is 3. The molecule has 0 aromatic heterocycles. The summed E-state index contributed by atoms with van der Waals surface area (Å²) in [4.78, 5) is 23.7. The van der Waals surface area contributed by atoms with Crippen molar-refractivity contribution >= 4 is 23.6 Å². The molecule has 0 aliphatic carbocycles. The Morgan fingerprint density at radius 1 is 1.35 bits per heavy atom. The van der Waals surface area contributed by atoms with E-state index >= 15 is 0 Å². The summed E-state index contributed by atoms with van der Waals surface area (Å²) in [5.41, 5.74) is 2.16. The molecular weight excluding hydrogens is 308 g/mol. The van der Waals surface area contributed by atoms with Gasteiger partial charge in [-0.1, -0.05) is 29.8 Å². The highest BCUT2D eigenvalue weighted by atomic mass is 32.2. The van der Waals surface area contributed by atoms with Gasteiger partial charge in [0.25, 0.3) is 0 Å². The number of rotatable bonds is 8. The van der Waals surface area contributed by atoms with Crippen LogP contribution in [0.3, 0.4) is 0 Å². The average Bonchev–Trinajstić information content (AvgIpc) is 2.89. The van der Waals surface area contributed by atoms with E-state index in [9.17, 15) is 9.59 Å². The SMILES string of the molecule is CSCCNC(=O)CC[C@]1(Cc2ccc(C)cc2)CCC(=O)N1. The second-order valence-corrected chi connectivity index (χ2v) is 7.32. The zero-order valence-corrected chi connectivity index (χ0v) is 14.8. The molecule has 1 atom stereocenters. The number of hydrogen-bond donors (Lipinski definition) is 2. The molecule has 0 radical (unpaired) electrons. The van der Waals surface area contributed by atoms with Crippen LogP contribution in [0.5, 0.6) is 0 Å². The summed E-state index contributed by atoms with van der Waals surface area (Å²) in [7, 11) is 0. The van der Waals surface area contributed by atoms with Crippen LogP contribution >= 0.6 is 11.8 Å². The number of carbonyl (C=O) groups excluding carboxylic acids is 2. The number of amides is 2. The van der Waals surface area contributed by atoms with Gasteiger partial charge in [-0.25, -0.2) is 0 Å². The minimum absolute atomic E-state index is 0.0727. The molecule has 126 valence electrons. The first-order valence-electron chi connectivity index (χ1n) is 8.15. The van der Waals surface area contributed by atoms with Crippen LogP contribution < -0.4 is 10.6 Å². The van der Waals surface area contributed by atoms with Crippen LogP contribution in [0.1, 0.15) is 36.8 Å². The third-order valence-electron chi connectivity index (χ3n) is 4.36. The van der Waals surface area contributed by atoms with Crippen molar-refractivity contribution in [3.63, 3.8) is 0 Å². The Labute approximate surface area is 142 Å². The molecule has 1 aromatic carbocycles. The monoisotopic (exact) mass is 334 g/mol. The van der Waals surface area contributed by atoms with Gasteiger partial charge in [0.1, 0.15) is 0 Å². The minimum Gasteiger partial charge on any atom is -0.355 e. The number of carbonyl (C=O) groups is 2. The maximum Gasteiger partial charge on any atom is 0.220 e. The van der Waals surface area contributed by atoms with Gasteiger partial charge < -0.3 is 10.6 Å². The predicted molar refractivity (Wildman–Crippen MR) is 95.6 cm³/mol. The summed E-state index contributed by atoms with van der Waals surface area (Å²) in [6.07, 6.45) is 5.32. The molecule has 2 amide bonds. The van der Waals surface area contributed by atoms with Gasteiger partial charge in [-0.15, -0.1) is 0 Å². The predicted octanol–water partition coefficient (Wildman–Crippen LogP) is 2.45. The molecule has 1 heterocycles. The van der Waals surface area contributed by atoms with Crippen molar-refractivity contribution in [3.8, 4) is 0 Å². The van der Waals surface area contributed by atoms with Crippen molar-refractivity contribution in [2.75, 3.05) is 18.6 Å². The Hall–Kier alpha value is -1.49. The van der Waals surface area contributed by atoms with Gasteiger partial charge in [0, 0.05) is 30.7 Å². The highest BCUT2D eigenvalue weighted by Crippen LogP contribution is 2.29. The standard InChI is InChI=1S/C18H26N2O2S/c1-14-3-5-15(6-4-14)13-18(10-8-17(22)20-18)9-7-16(21)19-11-12-23-2/h3-6H,7-13H2,1-2H3,(H,19,21)(H,20,22)/t18-/m1/s1. The quantitative estimate of drug-likeness (QED) is 0.718. The lowest BCUT2D eigenvalue weighted by Gasteiger charge is -2.29. The molecule has 0 unspecified atom stereocenters. The number of nitrogens with one attached hydrogen (secondary N) is 2. The van der Waals surface area contributed by atoms with Crippen LogP contribution in [0, 0.1) is 6.92 Å². The zero-order valence-electron chi connectivity index (χ0n) is 14.0. The number of benzene rings is 1. The highest BCUT2D eigenvalue weighted by Gasteiger charge is 2.37. The molecule has 1 aromatic rings. The molecule has 1 aliphatic rings. The Morgan fingerprint density at radius 2 is 2.09 bits per heavy atom. The fraction of sp³-hybridized carbons (Fsp3) is 0.556. The largest absolute Gasteiger partial charge is 0.355 e. The molecule has 4 nitrogen and oxygen atoms in total. The van der Waals surface area contributed by atoms with Crippen LogP contribution in [-0.2, 0) is 16.0 Å². The van der Waals surface area contributed by atoms with Gasteiger partial charge in [-0.05, 0) is 38.0 Å².